The summed E-state index contributed by atoms with van der Waals surface area (Å²) in [5.74, 6) is -0.619. The molecule has 0 amide bonds. The predicted octanol–water partition coefficient (Wildman–Crippen LogP) is -3.12. The Kier molecular flexibility index (Phi) is 8.78. The minimum atomic E-state index is -3.74. The summed E-state index contributed by atoms with van der Waals surface area (Å²) in [4.78, 5) is 22.9. The molecule has 1 N–H and O–H groups in total. The van der Waals surface area contributed by atoms with Crippen LogP contribution >= 0.6 is 7.37 Å². The molecule has 0 aromatic heterocycles. The predicted molar refractivity (Wildman–Crippen MR) is 61.2 cm³/mol. The smallest absolute Gasteiger partial charge is 0.796 e. The molecule has 0 bridgehead atoms. The van der Waals surface area contributed by atoms with Gasteiger partial charge in [0.2, 0.25) is 0 Å². The minimum absolute atomic E-state index is 0. The van der Waals surface area contributed by atoms with Crippen LogP contribution in [0.25, 0.3) is 0 Å². The van der Waals surface area contributed by atoms with Crippen molar-refractivity contribution in [2.75, 3.05) is 19.4 Å². The van der Waals surface area contributed by atoms with Crippen LogP contribution in [0.5, 0.6) is 0 Å². The molecule has 0 heterocycles. The third-order valence-corrected chi connectivity index (χ3v) is 4.01. The largest absolute Gasteiger partial charge is 1.00 e. The van der Waals surface area contributed by atoms with Crippen molar-refractivity contribution in [3.8, 4) is 0 Å². The number of hydrogen-bond acceptors (Lipinski definition) is 5. The molecule has 1 atom stereocenters. The van der Waals surface area contributed by atoms with E-state index in [-0.39, 0.29) is 60.7 Å². The first kappa shape index (κ1) is 17.8. The third-order valence-electron chi connectivity index (χ3n) is 2.11. The van der Waals surface area contributed by atoms with Gasteiger partial charge in [0.1, 0.15) is 6.61 Å². The van der Waals surface area contributed by atoms with Gasteiger partial charge in [0.25, 0.3) is 0 Å². The number of aliphatic hydroxyl groups is 1. The summed E-state index contributed by atoms with van der Waals surface area (Å²) in [6.07, 6.45) is -0.461. The van der Waals surface area contributed by atoms with Gasteiger partial charge in [-0.3, -0.25) is 4.79 Å². The van der Waals surface area contributed by atoms with E-state index in [0.717, 1.165) is 0 Å². The zero-order chi connectivity index (χ0) is 12.7. The van der Waals surface area contributed by atoms with Gasteiger partial charge in [0, 0.05) is 13.5 Å². The molecule has 0 fully saturated rings. The molecule has 0 aliphatic carbocycles. The van der Waals surface area contributed by atoms with Crippen LogP contribution in [0.3, 0.4) is 0 Å². The van der Waals surface area contributed by atoms with Crippen LogP contribution in [-0.2, 0) is 14.1 Å². The fourth-order valence-electron chi connectivity index (χ4n) is 1.25. The standard InChI is InChI=1S/C11H15O5P.Na/c12-7-8-16-11(13)6-9-17(14,15)10-4-2-1-3-5-10;/h1-5,12H,6-9H2,(H,14,15);/q;+1/p-1. The van der Waals surface area contributed by atoms with Crippen molar-refractivity contribution in [2.24, 2.45) is 0 Å². The Balaban J connectivity index is 0.00000289. The van der Waals surface area contributed by atoms with Crippen LogP contribution in [0, 0.1) is 0 Å². The molecule has 1 aromatic rings. The summed E-state index contributed by atoms with van der Waals surface area (Å²) in [5, 5.41) is 8.65. The number of carbonyl (C=O) groups excluding carboxylic acids is 1. The van der Waals surface area contributed by atoms with Crippen LogP contribution < -0.4 is 39.8 Å². The van der Waals surface area contributed by atoms with Gasteiger partial charge < -0.3 is 19.3 Å². The molecule has 1 aromatic carbocycles. The number of benzene rings is 1. The Labute approximate surface area is 128 Å². The fraction of sp³-hybridized carbons (Fsp3) is 0.364. The average Bonchev–Trinajstić information content (AvgIpc) is 2.35. The number of carbonyl (C=O) groups is 1. The number of esters is 1. The second kappa shape index (κ2) is 8.86. The van der Waals surface area contributed by atoms with Gasteiger partial charge in [-0.15, -0.1) is 0 Å². The van der Waals surface area contributed by atoms with E-state index in [2.05, 4.69) is 4.74 Å². The van der Waals surface area contributed by atoms with Gasteiger partial charge in [0.05, 0.1) is 13.0 Å². The molecule has 0 aliphatic rings. The maximum atomic E-state index is 11.8. The molecular formula is C11H14NaO5P. The first-order chi connectivity index (χ1) is 8.06. The van der Waals surface area contributed by atoms with Crippen molar-refractivity contribution in [3.05, 3.63) is 30.3 Å². The van der Waals surface area contributed by atoms with Gasteiger partial charge in [0.15, 0.2) is 0 Å². The van der Waals surface area contributed by atoms with Crippen molar-refractivity contribution in [3.63, 3.8) is 0 Å². The van der Waals surface area contributed by atoms with Gasteiger partial charge in [-0.05, 0) is 5.30 Å². The van der Waals surface area contributed by atoms with E-state index in [1.165, 1.54) is 12.1 Å². The molecule has 1 rings (SSSR count). The summed E-state index contributed by atoms with van der Waals surface area (Å²) in [6, 6.07) is 7.96. The first-order valence-corrected chi connectivity index (χ1v) is 6.99. The zero-order valence-corrected chi connectivity index (χ0v) is 13.1. The molecule has 7 heteroatoms. The maximum absolute atomic E-state index is 11.8. The molecule has 5 nitrogen and oxygen atoms in total. The van der Waals surface area contributed by atoms with E-state index >= 15 is 0 Å². The van der Waals surface area contributed by atoms with E-state index in [9.17, 15) is 14.3 Å². The molecule has 1 unspecified atom stereocenters. The zero-order valence-electron chi connectivity index (χ0n) is 10.2. The number of aliphatic hydroxyl groups excluding tert-OH is 1. The Hall–Kier alpha value is -0.160. The van der Waals surface area contributed by atoms with Crippen molar-refractivity contribution < 1.29 is 53.7 Å². The van der Waals surface area contributed by atoms with Gasteiger partial charge in [-0.25, -0.2) is 0 Å². The van der Waals surface area contributed by atoms with E-state index in [1.54, 1.807) is 18.2 Å². The second-order valence-corrected chi connectivity index (χ2v) is 5.74. The Morgan fingerprint density at radius 2 is 1.94 bits per heavy atom. The van der Waals surface area contributed by atoms with Crippen LogP contribution in [0.2, 0.25) is 0 Å². The Bertz CT molecular complexity index is 409. The van der Waals surface area contributed by atoms with E-state index in [1.807, 2.05) is 0 Å². The number of hydrogen-bond donors (Lipinski definition) is 1. The van der Waals surface area contributed by atoms with Crippen LogP contribution in [-0.4, -0.2) is 30.5 Å². The van der Waals surface area contributed by atoms with Crippen molar-refractivity contribution >= 4 is 18.6 Å². The minimum Gasteiger partial charge on any atom is -0.796 e. The monoisotopic (exact) mass is 280 g/mol. The summed E-state index contributed by atoms with van der Waals surface area (Å²) >= 11 is 0. The third kappa shape index (κ3) is 6.14. The van der Waals surface area contributed by atoms with Crippen molar-refractivity contribution in [1.29, 1.82) is 0 Å². The van der Waals surface area contributed by atoms with E-state index in [4.69, 9.17) is 5.11 Å². The summed E-state index contributed by atoms with van der Waals surface area (Å²) < 4.78 is 16.4. The number of rotatable bonds is 6. The maximum Gasteiger partial charge on any atom is 1.00 e. The first-order valence-electron chi connectivity index (χ1n) is 5.18. The summed E-state index contributed by atoms with van der Waals surface area (Å²) in [5.41, 5.74) is 0. The van der Waals surface area contributed by atoms with E-state index in [0.29, 0.717) is 0 Å². The normalized spacial score (nSPS) is 13.2. The average molecular weight is 280 g/mol. The van der Waals surface area contributed by atoms with Crippen molar-refractivity contribution in [2.45, 2.75) is 6.42 Å². The topological polar surface area (TPSA) is 86.7 Å². The van der Waals surface area contributed by atoms with Crippen LogP contribution in [0.1, 0.15) is 6.42 Å². The van der Waals surface area contributed by atoms with Gasteiger partial charge >= 0.3 is 35.5 Å². The van der Waals surface area contributed by atoms with Crippen LogP contribution in [0.15, 0.2) is 30.3 Å². The molecule has 0 radical (unpaired) electrons. The summed E-state index contributed by atoms with van der Waals surface area (Å²) in [6.45, 7) is -0.368. The van der Waals surface area contributed by atoms with Crippen molar-refractivity contribution in [1.82, 2.24) is 0 Å². The van der Waals surface area contributed by atoms with E-state index < -0.39 is 13.3 Å². The molecule has 0 aliphatic heterocycles. The molecular weight excluding hydrogens is 266 g/mol. The quantitative estimate of drug-likeness (QED) is 0.338. The Morgan fingerprint density at radius 3 is 2.50 bits per heavy atom. The molecule has 94 valence electrons. The second-order valence-electron chi connectivity index (χ2n) is 3.43. The Morgan fingerprint density at radius 1 is 1.33 bits per heavy atom. The SMILES string of the molecule is O=C(CCP(=O)([O-])c1ccccc1)OCCO.[Na+]. The molecule has 0 saturated heterocycles. The van der Waals surface area contributed by atoms with Gasteiger partial charge in [-0.1, -0.05) is 30.3 Å². The number of ether oxygens (including phenoxy) is 1. The molecule has 18 heavy (non-hydrogen) atoms. The van der Waals surface area contributed by atoms with Gasteiger partial charge in [-0.2, -0.15) is 0 Å². The molecule has 0 saturated carbocycles. The van der Waals surface area contributed by atoms with Crippen LogP contribution in [0.4, 0.5) is 0 Å². The summed E-state index contributed by atoms with van der Waals surface area (Å²) in [7, 11) is -3.74. The molecule has 0 spiro atoms. The fourth-order valence-corrected chi connectivity index (χ4v) is 2.62.